The summed E-state index contributed by atoms with van der Waals surface area (Å²) in [6.07, 6.45) is 3.77. The Morgan fingerprint density at radius 1 is 0.812 bits per heavy atom. The van der Waals surface area contributed by atoms with Crippen molar-refractivity contribution in [3.63, 3.8) is 0 Å². The molecule has 0 N–H and O–H groups in total. The maximum atomic E-state index is 12.1. The Morgan fingerprint density at radius 2 is 1.44 bits per heavy atom. The minimum Gasteiger partial charge on any atom is -0.494 e. The first kappa shape index (κ1) is 24.0. The van der Waals surface area contributed by atoms with E-state index in [2.05, 4.69) is 37.9 Å². The zero-order chi connectivity index (χ0) is 22.8. The SMILES string of the molecule is N#Cc1ccc(-c2ccc(OCCCCCCOC(=O)c3cc(Br)ccc3Br)cc2)cc1. The first-order valence-corrected chi connectivity index (χ1v) is 12.0. The number of nitriles is 1. The minimum absolute atomic E-state index is 0.314. The number of rotatable bonds is 10. The number of nitrogens with zero attached hydrogens (tertiary/aromatic N) is 1. The Kier molecular flexibility index (Phi) is 9.33. The van der Waals surface area contributed by atoms with E-state index in [0.717, 1.165) is 51.5 Å². The van der Waals surface area contributed by atoms with Crippen molar-refractivity contribution in [2.75, 3.05) is 13.2 Å². The van der Waals surface area contributed by atoms with Gasteiger partial charge in [0.1, 0.15) is 5.75 Å². The van der Waals surface area contributed by atoms with Gasteiger partial charge in [0, 0.05) is 8.95 Å². The normalized spacial score (nSPS) is 10.4. The molecule has 0 spiro atoms. The van der Waals surface area contributed by atoms with Crippen LogP contribution in [0.15, 0.2) is 75.7 Å². The summed E-state index contributed by atoms with van der Waals surface area (Å²) < 4.78 is 12.8. The summed E-state index contributed by atoms with van der Waals surface area (Å²) in [5.41, 5.74) is 3.34. The van der Waals surface area contributed by atoms with Crippen LogP contribution in [-0.4, -0.2) is 19.2 Å². The van der Waals surface area contributed by atoms with Crippen molar-refractivity contribution >= 4 is 37.8 Å². The van der Waals surface area contributed by atoms with Crippen LogP contribution < -0.4 is 4.74 Å². The van der Waals surface area contributed by atoms with E-state index in [-0.39, 0.29) is 5.97 Å². The third-order valence-corrected chi connectivity index (χ3v) is 6.08. The lowest BCUT2D eigenvalue weighted by Gasteiger charge is -2.08. The largest absolute Gasteiger partial charge is 0.494 e. The number of hydrogen-bond donors (Lipinski definition) is 0. The molecule has 0 fully saturated rings. The quantitative estimate of drug-likeness (QED) is 0.191. The van der Waals surface area contributed by atoms with E-state index >= 15 is 0 Å². The molecule has 0 heterocycles. The van der Waals surface area contributed by atoms with Crippen LogP contribution >= 0.6 is 31.9 Å². The lowest BCUT2D eigenvalue weighted by atomic mass is 10.0. The number of hydrogen-bond acceptors (Lipinski definition) is 4. The summed E-state index contributed by atoms with van der Waals surface area (Å²) in [4.78, 5) is 12.1. The lowest BCUT2D eigenvalue weighted by molar-refractivity contribution is 0.0496. The molecule has 0 amide bonds. The molecule has 6 heteroatoms. The smallest absolute Gasteiger partial charge is 0.339 e. The number of benzene rings is 3. The molecule has 0 aliphatic rings. The second-order valence-electron chi connectivity index (χ2n) is 7.24. The molecule has 0 aliphatic carbocycles. The number of halogens is 2. The van der Waals surface area contributed by atoms with Gasteiger partial charge in [-0.1, -0.05) is 40.2 Å². The standard InChI is InChI=1S/C26H23Br2NO3/c27-22-11-14-25(28)24(17-22)26(30)32-16-4-2-1-3-15-31-23-12-9-21(10-13-23)20-7-5-19(18-29)6-8-20/h5-14,17H,1-4,15-16H2. The van der Waals surface area contributed by atoms with Gasteiger partial charge >= 0.3 is 5.97 Å². The Balaban J connectivity index is 1.30. The van der Waals surface area contributed by atoms with Gasteiger partial charge < -0.3 is 9.47 Å². The van der Waals surface area contributed by atoms with Crippen LogP contribution in [0.1, 0.15) is 41.6 Å². The van der Waals surface area contributed by atoms with Crippen LogP contribution in [0.5, 0.6) is 5.75 Å². The Morgan fingerprint density at radius 3 is 2.09 bits per heavy atom. The summed E-state index contributed by atoms with van der Waals surface area (Å²) in [5, 5.41) is 8.89. The van der Waals surface area contributed by atoms with Crippen molar-refractivity contribution in [1.29, 1.82) is 5.26 Å². The summed E-state index contributed by atoms with van der Waals surface area (Å²) >= 11 is 6.74. The molecule has 32 heavy (non-hydrogen) atoms. The average molecular weight is 557 g/mol. The van der Waals surface area contributed by atoms with Gasteiger partial charge in [-0.25, -0.2) is 4.79 Å². The number of ether oxygens (including phenoxy) is 2. The molecular formula is C26H23Br2NO3. The Hall–Kier alpha value is -2.62. The molecule has 4 nitrogen and oxygen atoms in total. The second kappa shape index (κ2) is 12.4. The van der Waals surface area contributed by atoms with Crippen LogP contribution in [0.3, 0.4) is 0 Å². The predicted molar refractivity (Wildman–Crippen MR) is 133 cm³/mol. The van der Waals surface area contributed by atoms with E-state index in [1.54, 1.807) is 6.07 Å². The molecule has 0 aromatic heterocycles. The van der Waals surface area contributed by atoms with Gasteiger partial charge in [-0.3, -0.25) is 0 Å². The molecule has 0 radical (unpaired) electrons. The van der Waals surface area contributed by atoms with Crippen molar-refractivity contribution in [3.05, 3.63) is 86.8 Å². The topological polar surface area (TPSA) is 59.3 Å². The van der Waals surface area contributed by atoms with Crippen molar-refractivity contribution < 1.29 is 14.3 Å². The predicted octanol–water partition coefficient (Wildman–Crippen LogP) is 7.55. The van der Waals surface area contributed by atoms with Gasteiger partial charge in [0.05, 0.1) is 30.4 Å². The van der Waals surface area contributed by atoms with Crippen LogP contribution in [0, 0.1) is 11.3 Å². The lowest BCUT2D eigenvalue weighted by Crippen LogP contribution is -2.07. The summed E-state index contributed by atoms with van der Waals surface area (Å²) in [6.45, 7) is 1.07. The molecule has 164 valence electrons. The molecule has 0 unspecified atom stereocenters. The maximum Gasteiger partial charge on any atom is 0.339 e. The minimum atomic E-state index is -0.314. The number of carbonyl (C=O) groups excluding carboxylic acids is 1. The molecule has 0 bridgehead atoms. The summed E-state index contributed by atoms with van der Waals surface area (Å²) in [6, 6.07) is 23.1. The number of esters is 1. The monoisotopic (exact) mass is 555 g/mol. The van der Waals surface area contributed by atoms with Gasteiger partial charge in [0.25, 0.3) is 0 Å². The van der Waals surface area contributed by atoms with Crippen LogP contribution in [0.25, 0.3) is 11.1 Å². The van der Waals surface area contributed by atoms with Gasteiger partial charge in [-0.2, -0.15) is 5.26 Å². The molecule has 3 aromatic carbocycles. The van der Waals surface area contributed by atoms with Gasteiger partial charge in [0.2, 0.25) is 0 Å². The van der Waals surface area contributed by atoms with Crippen LogP contribution in [-0.2, 0) is 4.74 Å². The molecule has 0 aliphatic heterocycles. The van der Waals surface area contributed by atoms with Crippen LogP contribution in [0.4, 0.5) is 0 Å². The van der Waals surface area contributed by atoms with Gasteiger partial charge in [0.15, 0.2) is 0 Å². The number of unbranched alkanes of at least 4 members (excludes halogenated alkanes) is 3. The highest BCUT2D eigenvalue weighted by molar-refractivity contribution is 9.11. The molecule has 3 aromatic rings. The summed E-state index contributed by atoms with van der Waals surface area (Å²) in [5.74, 6) is 0.530. The first-order valence-electron chi connectivity index (χ1n) is 10.4. The average Bonchev–Trinajstić information content (AvgIpc) is 2.82. The zero-order valence-electron chi connectivity index (χ0n) is 17.5. The fraction of sp³-hybridized carbons (Fsp3) is 0.231. The third-order valence-electron chi connectivity index (χ3n) is 4.89. The van der Waals surface area contributed by atoms with E-state index in [1.807, 2.05) is 60.7 Å². The van der Waals surface area contributed by atoms with Crippen LogP contribution in [0.2, 0.25) is 0 Å². The maximum absolute atomic E-state index is 12.1. The second-order valence-corrected chi connectivity index (χ2v) is 9.01. The van der Waals surface area contributed by atoms with Crippen molar-refractivity contribution in [1.82, 2.24) is 0 Å². The molecule has 0 saturated heterocycles. The fourth-order valence-corrected chi connectivity index (χ4v) is 3.89. The fourth-order valence-electron chi connectivity index (χ4n) is 3.13. The zero-order valence-corrected chi connectivity index (χ0v) is 20.7. The van der Waals surface area contributed by atoms with E-state index in [0.29, 0.717) is 24.3 Å². The molecule has 0 atom stereocenters. The Bertz CT molecular complexity index is 1070. The Labute approximate surface area is 205 Å². The summed E-state index contributed by atoms with van der Waals surface area (Å²) in [7, 11) is 0. The third kappa shape index (κ3) is 7.22. The van der Waals surface area contributed by atoms with E-state index in [1.165, 1.54) is 0 Å². The van der Waals surface area contributed by atoms with Crippen molar-refractivity contribution in [2.45, 2.75) is 25.7 Å². The first-order chi connectivity index (χ1) is 15.6. The van der Waals surface area contributed by atoms with Gasteiger partial charge in [-0.05, 0) is 95.2 Å². The highest BCUT2D eigenvalue weighted by Crippen LogP contribution is 2.24. The molecular weight excluding hydrogens is 534 g/mol. The molecule has 3 rings (SSSR count). The highest BCUT2D eigenvalue weighted by atomic mass is 79.9. The highest BCUT2D eigenvalue weighted by Gasteiger charge is 2.11. The van der Waals surface area contributed by atoms with E-state index < -0.39 is 0 Å². The molecule has 0 saturated carbocycles. The van der Waals surface area contributed by atoms with Gasteiger partial charge in [-0.15, -0.1) is 0 Å². The van der Waals surface area contributed by atoms with Crippen molar-refractivity contribution in [3.8, 4) is 22.9 Å². The number of carbonyl (C=O) groups is 1. The van der Waals surface area contributed by atoms with Crippen molar-refractivity contribution in [2.24, 2.45) is 0 Å². The van der Waals surface area contributed by atoms with E-state index in [4.69, 9.17) is 14.7 Å². The van der Waals surface area contributed by atoms with E-state index in [9.17, 15) is 4.79 Å².